The minimum absolute atomic E-state index is 0.187. The second-order valence-corrected chi connectivity index (χ2v) is 9.01. The normalized spacial score (nSPS) is 17.4. The first-order chi connectivity index (χ1) is 17.5. The van der Waals surface area contributed by atoms with E-state index in [1.54, 1.807) is 29.2 Å². The highest BCUT2D eigenvalue weighted by Crippen LogP contribution is 2.40. The van der Waals surface area contributed by atoms with E-state index in [0.717, 1.165) is 24.9 Å². The molecule has 36 heavy (non-hydrogen) atoms. The highest BCUT2D eigenvalue weighted by molar-refractivity contribution is 6.01. The van der Waals surface area contributed by atoms with E-state index in [0.29, 0.717) is 22.4 Å². The summed E-state index contributed by atoms with van der Waals surface area (Å²) in [7, 11) is 0. The van der Waals surface area contributed by atoms with Gasteiger partial charge in [-0.25, -0.2) is 13.6 Å². The Morgan fingerprint density at radius 1 is 0.972 bits per heavy atom. The van der Waals surface area contributed by atoms with Crippen LogP contribution in [0.2, 0.25) is 0 Å². The number of benzene rings is 3. The molecule has 8 heteroatoms. The van der Waals surface area contributed by atoms with Crippen LogP contribution in [0.15, 0.2) is 77.0 Å². The molecule has 0 radical (unpaired) electrons. The van der Waals surface area contributed by atoms with Crippen LogP contribution in [0.25, 0.3) is 17.0 Å². The summed E-state index contributed by atoms with van der Waals surface area (Å²) in [5, 5.41) is 7.08. The van der Waals surface area contributed by atoms with E-state index in [1.165, 1.54) is 35.4 Å². The number of carbonyl (C=O) groups is 1. The van der Waals surface area contributed by atoms with Crippen molar-refractivity contribution in [1.82, 2.24) is 15.5 Å². The zero-order valence-corrected chi connectivity index (χ0v) is 19.5. The molecule has 0 spiro atoms. The lowest BCUT2D eigenvalue weighted by molar-refractivity contribution is 0.244. The largest absolute Gasteiger partial charge is 0.334 e. The van der Waals surface area contributed by atoms with Crippen molar-refractivity contribution in [1.29, 1.82) is 0 Å². The number of aromatic nitrogens is 2. The molecule has 0 saturated carbocycles. The third-order valence-electron chi connectivity index (χ3n) is 6.77. The first-order valence-corrected chi connectivity index (χ1v) is 11.8. The molecule has 3 aromatic carbocycles. The lowest BCUT2D eigenvalue weighted by atomic mass is 9.94. The molecule has 6 nitrogen and oxygen atoms in total. The molecule has 2 amide bonds. The molecule has 0 bridgehead atoms. The number of nitrogens with zero attached hydrogens (tertiary/aromatic N) is 3. The van der Waals surface area contributed by atoms with E-state index in [2.05, 4.69) is 21.5 Å². The van der Waals surface area contributed by atoms with Crippen LogP contribution in [-0.2, 0) is 12.8 Å². The number of fused-ring (bicyclic) bond motifs is 1. The highest BCUT2D eigenvalue weighted by atomic mass is 19.1. The molecular weight excluding hydrogens is 462 g/mol. The van der Waals surface area contributed by atoms with Crippen molar-refractivity contribution in [2.45, 2.75) is 32.2 Å². The number of rotatable bonds is 4. The minimum Gasteiger partial charge on any atom is -0.334 e. The summed E-state index contributed by atoms with van der Waals surface area (Å²) in [4.78, 5) is 19.5. The number of nitrogens with one attached hydrogen (secondary N) is 1. The number of urea groups is 1. The van der Waals surface area contributed by atoms with Gasteiger partial charge >= 0.3 is 6.03 Å². The Kier molecular flexibility index (Phi) is 5.36. The monoisotopic (exact) mass is 484 g/mol. The van der Waals surface area contributed by atoms with Crippen LogP contribution in [0.5, 0.6) is 0 Å². The number of hydrogen-bond donors (Lipinski definition) is 1. The Morgan fingerprint density at radius 2 is 1.78 bits per heavy atom. The van der Waals surface area contributed by atoms with Gasteiger partial charge in [0, 0.05) is 11.3 Å². The quantitative estimate of drug-likeness (QED) is 0.374. The van der Waals surface area contributed by atoms with Gasteiger partial charge in [-0.3, -0.25) is 4.90 Å². The number of amides is 2. The standard InChI is InChI=1S/C28H22F2N4O2/c1-16-24(27-32-26(33-36-27)18-8-11-21(29)12-9-18)25(20-6-3-7-22(30)14-20)31-28(35)34(16)23-13-10-17-4-2-5-19(17)15-23/h3,6-15,25H,2,4-5H2,1H3,(H,31,35). The van der Waals surface area contributed by atoms with E-state index in [9.17, 15) is 13.6 Å². The van der Waals surface area contributed by atoms with E-state index in [-0.39, 0.29) is 23.6 Å². The Hall–Kier alpha value is -4.33. The van der Waals surface area contributed by atoms with Gasteiger partial charge in [0.15, 0.2) is 0 Å². The van der Waals surface area contributed by atoms with Gasteiger partial charge in [-0.15, -0.1) is 0 Å². The van der Waals surface area contributed by atoms with E-state index < -0.39 is 11.9 Å². The lowest BCUT2D eigenvalue weighted by Crippen LogP contribution is -2.46. The number of allylic oxidation sites excluding steroid dienone is 1. The summed E-state index contributed by atoms with van der Waals surface area (Å²) in [6, 6.07) is 16.8. The van der Waals surface area contributed by atoms with Gasteiger partial charge in [-0.1, -0.05) is 23.4 Å². The summed E-state index contributed by atoms with van der Waals surface area (Å²) in [5.74, 6) is -0.318. The molecular formula is C28H22F2N4O2. The maximum absolute atomic E-state index is 14.2. The van der Waals surface area contributed by atoms with Crippen LogP contribution >= 0.6 is 0 Å². The molecule has 1 atom stereocenters. The van der Waals surface area contributed by atoms with Gasteiger partial charge in [0.25, 0.3) is 5.89 Å². The van der Waals surface area contributed by atoms with Crippen molar-refractivity contribution < 1.29 is 18.1 Å². The predicted molar refractivity (Wildman–Crippen MR) is 131 cm³/mol. The number of carbonyl (C=O) groups excluding carboxylic acids is 1. The molecule has 0 fully saturated rings. The molecule has 1 aliphatic heterocycles. The third kappa shape index (κ3) is 3.84. The highest BCUT2D eigenvalue weighted by Gasteiger charge is 2.37. The zero-order chi connectivity index (χ0) is 24.8. The van der Waals surface area contributed by atoms with Gasteiger partial charge in [0.05, 0.1) is 17.3 Å². The lowest BCUT2D eigenvalue weighted by Gasteiger charge is -2.35. The Balaban J connectivity index is 1.49. The molecule has 6 rings (SSSR count). The average Bonchev–Trinajstić information content (AvgIpc) is 3.54. The summed E-state index contributed by atoms with van der Waals surface area (Å²) in [6.45, 7) is 1.81. The van der Waals surface area contributed by atoms with Crippen LogP contribution < -0.4 is 10.2 Å². The fraction of sp³-hybridized carbons (Fsp3) is 0.179. The van der Waals surface area contributed by atoms with Crippen LogP contribution in [-0.4, -0.2) is 16.2 Å². The third-order valence-corrected chi connectivity index (χ3v) is 6.77. The van der Waals surface area contributed by atoms with Gasteiger partial charge < -0.3 is 9.84 Å². The van der Waals surface area contributed by atoms with Gasteiger partial charge in [0.2, 0.25) is 5.82 Å². The SMILES string of the molecule is CC1=C(c2nc(-c3ccc(F)cc3)no2)C(c2cccc(F)c2)NC(=O)N1c1ccc2c(c1)CCC2. The van der Waals surface area contributed by atoms with Crippen LogP contribution in [0.4, 0.5) is 19.3 Å². The van der Waals surface area contributed by atoms with E-state index in [4.69, 9.17) is 4.52 Å². The zero-order valence-electron chi connectivity index (χ0n) is 19.5. The second kappa shape index (κ2) is 8.71. The minimum atomic E-state index is -0.708. The summed E-state index contributed by atoms with van der Waals surface area (Å²) >= 11 is 0. The van der Waals surface area contributed by atoms with Crippen molar-refractivity contribution in [3.8, 4) is 11.4 Å². The van der Waals surface area contributed by atoms with E-state index in [1.807, 2.05) is 19.1 Å². The fourth-order valence-corrected chi connectivity index (χ4v) is 5.01. The Bertz CT molecular complexity index is 1510. The maximum Gasteiger partial charge on any atom is 0.326 e. The molecule has 2 aliphatic rings. The van der Waals surface area contributed by atoms with Gasteiger partial charge in [0.1, 0.15) is 11.6 Å². The predicted octanol–water partition coefficient (Wildman–Crippen LogP) is 6.21. The van der Waals surface area contributed by atoms with Crippen molar-refractivity contribution >= 4 is 17.3 Å². The summed E-state index contributed by atoms with van der Waals surface area (Å²) < 4.78 is 33.2. The molecule has 1 aromatic heterocycles. The van der Waals surface area contributed by atoms with Crippen molar-refractivity contribution in [3.63, 3.8) is 0 Å². The van der Waals surface area contributed by atoms with Crippen molar-refractivity contribution in [2.24, 2.45) is 0 Å². The average molecular weight is 485 g/mol. The van der Waals surface area contributed by atoms with Crippen LogP contribution in [0.1, 0.15) is 42.0 Å². The van der Waals surface area contributed by atoms with Gasteiger partial charge in [-0.05, 0) is 91.4 Å². The molecule has 4 aromatic rings. The maximum atomic E-state index is 14.2. The number of aryl methyl sites for hydroxylation is 2. The molecule has 1 aliphatic carbocycles. The Morgan fingerprint density at radius 3 is 2.58 bits per heavy atom. The first-order valence-electron chi connectivity index (χ1n) is 11.8. The fourth-order valence-electron chi connectivity index (χ4n) is 5.01. The topological polar surface area (TPSA) is 71.3 Å². The molecule has 0 saturated heterocycles. The summed E-state index contributed by atoms with van der Waals surface area (Å²) in [6.07, 6.45) is 3.11. The molecule has 180 valence electrons. The smallest absolute Gasteiger partial charge is 0.326 e. The second-order valence-electron chi connectivity index (χ2n) is 9.01. The molecule has 2 heterocycles. The number of hydrogen-bond acceptors (Lipinski definition) is 4. The molecule has 1 unspecified atom stereocenters. The van der Waals surface area contributed by atoms with Crippen LogP contribution in [0, 0.1) is 11.6 Å². The van der Waals surface area contributed by atoms with Crippen LogP contribution in [0.3, 0.4) is 0 Å². The molecule has 1 N–H and O–H groups in total. The van der Waals surface area contributed by atoms with Gasteiger partial charge in [-0.2, -0.15) is 4.98 Å². The van der Waals surface area contributed by atoms with E-state index >= 15 is 0 Å². The van der Waals surface area contributed by atoms with Crippen molar-refractivity contribution in [2.75, 3.05) is 4.90 Å². The first kappa shape index (κ1) is 22.2. The number of halogens is 2. The summed E-state index contributed by atoms with van der Waals surface area (Å²) in [5.41, 5.74) is 5.56. The number of anilines is 1. The Labute approximate surface area is 206 Å². The van der Waals surface area contributed by atoms with Crippen molar-refractivity contribution in [3.05, 3.63) is 107 Å².